The molecule has 2 N–H and O–H groups in total. The van der Waals surface area contributed by atoms with Crippen LogP contribution in [0.3, 0.4) is 0 Å². The molecule has 9 heavy (non-hydrogen) atoms. The van der Waals surface area contributed by atoms with Gasteiger partial charge in [-0.1, -0.05) is 0 Å². The standard InChI is InChI=1S/C5H12N2O.ClH/c1-4(5(6)8)7(2)3;/h4H,1-3H3,(H2,6,8);1H/t4-;/m1./s1. The van der Waals surface area contributed by atoms with Crippen LogP contribution in [0, 0.1) is 0 Å². The maximum absolute atomic E-state index is 10.3. The van der Waals surface area contributed by atoms with Crippen LogP contribution in [0.5, 0.6) is 0 Å². The lowest BCUT2D eigenvalue weighted by molar-refractivity contribution is -0.121. The van der Waals surface area contributed by atoms with E-state index < -0.39 is 0 Å². The molecule has 0 aliphatic heterocycles. The first-order chi connectivity index (χ1) is 3.55. The second-order valence-electron chi connectivity index (χ2n) is 2.04. The van der Waals surface area contributed by atoms with E-state index in [4.69, 9.17) is 5.73 Å². The van der Waals surface area contributed by atoms with E-state index >= 15 is 0 Å². The van der Waals surface area contributed by atoms with Gasteiger partial charge in [-0.25, -0.2) is 0 Å². The molecule has 0 aromatic rings. The monoisotopic (exact) mass is 152 g/mol. The van der Waals surface area contributed by atoms with Crippen molar-refractivity contribution in [3.05, 3.63) is 0 Å². The molecule has 56 valence electrons. The first kappa shape index (κ1) is 11.5. The average molecular weight is 153 g/mol. The van der Waals surface area contributed by atoms with Crippen LogP contribution in [-0.2, 0) is 4.79 Å². The summed E-state index contributed by atoms with van der Waals surface area (Å²) in [6.45, 7) is 1.77. The number of likely N-dealkylation sites (N-methyl/N-ethyl adjacent to an activating group) is 1. The van der Waals surface area contributed by atoms with Crippen molar-refractivity contribution >= 4 is 18.3 Å². The summed E-state index contributed by atoms with van der Waals surface area (Å²) >= 11 is 0. The fraction of sp³-hybridized carbons (Fsp3) is 0.800. The van der Waals surface area contributed by atoms with Gasteiger partial charge in [-0.2, -0.15) is 0 Å². The summed E-state index contributed by atoms with van der Waals surface area (Å²) in [5.41, 5.74) is 4.96. The zero-order valence-corrected chi connectivity index (χ0v) is 6.73. The van der Waals surface area contributed by atoms with Gasteiger partial charge in [0.25, 0.3) is 0 Å². The van der Waals surface area contributed by atoms with Crippen molar-refractivity contribution in [2.75, 3.05) is 14.1 Å². The fourth-order valence-electron chi connectivity index (χ4n) is 0.254. The molecule has 1 amide bonds. The Hall–Kier alpha value is -0.280. The van der Waals surface area contributed by atoms with Gasteiger partial charge in [0.15, 0.2) is 0 Å². The molecule has 0 heterocycles. The van der Waals surface area contributed by atoms with Gasteiger partial charge < -0.3 is 5.73 Å². The highest BCUT2D eigenvalue weighted by molar-refractivity contribution is 5.85. The largest absolute Gasteiger partial charge is 0.368 e. The molecule has 0 aliphatic carbocycles. The van der Waals surface area contributed by atoms with Gasteiger partial charge in [0.1, 0.15) is 0 Å². The number of nitrogens with two attached hydrogens (primary N) is 1. The third-order valence-electron chi connectivity index (χ3n) is 1.19. The second-order valence-corrected chi connectivity index (χ2v) is 2.04. The van der Waals surface area contributed by atoms with Gasteiger partial charge >= 0.3 is 0 Å². The summed E-state index contributed by atoms with van der Waals surface area (Å²) in [5, 5.41) is 0. The first-order valence-electron chi connectivity index (χ1n) is 2.51. The van der Waals surface area contributed by atoms with Gasteiger partial charge in [-0.15, -0.1) is 12.4 Å². The van der Waals surface area contributed by atoms with E-state index in [0.29, 0.717) is 0 Å². The minimum atomic E-state index is -0.282. The smallest absolute Gasteiger partial charge is 0.234 e. The van der Waals surface area contributed by atoms with Crippen molar-refractivity contribution in [1.29, 1.82) is 0 Å². The van der Waals surface area contributed by atoms with Crippen LogP contribution in [-0.4, -0.2) is 30.9 Å². The molecular formula is C5H13ClN2O. The Morgan fingerprint density at radius 1 is 1.56 bits per heavy atom. The summed E-state index contributed by atoms with van der Waals surface area (Å²) in [5.74, 6) is -0.282. The number of amides is 1. The molecule has 0 bridgehead atoms. The predicted molar refractivity (Wildman–Crippen MR) is 39.6 cm³/mol. The zero-order chi connectivity index (χ0) is 6.73. The molecule has 4 heteroatoms. The quantitative estimate of drug-likeness (QED) is 0.598. The lowest BCUT2D eigenvalue weighted by Gasteiger charge is -2.14. The summed E-state index contributed by atoms with van der Waals surface area (Å²) < 4.78 is 0. The molecule has 0 aromatic heterocycles. The molecule has 0 saturated heterocycles. The maximum Gasteiger partial charge on any atom is 0.234 e. The Labute approximate surface area is 61.6 Å². The van der Waals surface area contributed by atoms with Crippen molar-refractivity contribution in [2.24, 2.45) is 5.73 Å². The molecule has 0 saturated carbocycles. The normalized spacial score (nSPS) is 12.4. The van der Waals surface area contributed by atoms with Gasteiger partial charge in [-0.05, 0) is 21.0 Å². The molecule has 0 aliphatic rings. The topological polar surface area (TPSA) is 46.3 Å². The lowest BCUT2D eigenvalue weighted by atomic mass is 10.3. The third kappa shape index (κ3) is 4.24. The van der Waals surface area contributed by atoms with E-state index in [9.17, 15) is 4.79 Å². The molecule has 1 atom stereocenters. The molecule has 0 spiro atoms. The van der Waals surface area contributed by atoms with Crippen molar-refractivity contribution < 1.29 is 4.79 Å². The predicted octanol–water partition coefficient (Wildman–Crippen LogP) is -0.156. The van der Waals surface area contributed by atoms with Crippen molar-refractivity contribution in [3.63, 3.8) is 0 Å². The zero-order valence-electron chi connectivity index (χ0n) is 5.92. The van der Waals surface area contributed by atoms with Crippen LogP contribution in [0.15, 0.2) is 0 Å². The number of halogens is 1. The third-order valence-corrected chi connectivity index (χ3v) is 1.19. The molecule has 3 nitrogen and oxygen atoms in total. The number of nitrogens with zero attached hydrogens (tertiary/aromatic N) is 1. The minimum Gasteiger partial charge on any atom is -0.368 e. The highest BCUT2D eigenvalue weighted by Crippen LogP contribution is 1.86. The molecular weight excluding hydrogens is 140 g/mol. The van der Waals surface area contributed by atoms with Crippen LogP contribution >= 0.6 is 12.4 Å². The molecule has 0 radical (unpaired) electrons. The Bertz CT molecular complexity index is 95.0. The number of rotatable bonds is 2. The average Bonchev–Trinajstić information content (AvgIpc) is 1.64. The first-order valence-corrected chi connectivity index (χ1v) is 2.51. The van der Waals surface area contributed by atoms with E-state index in [1.54, 1.807) is 11.8 Å². The van der Waals surface area contributed by atoms with Crippen LogP contribution < -0.4 is 5.73 Å². The van der Waals surface area contributed by atoms with E-state index in [-0.39, 0.29) is 24.4 Å². The summed E-state index contributed by atoms with van der Waals surface area (Å²) in [6.07, 6.45) is 0. The van der Waals surface area contributed by atoms with E-state index in [2.05, 4.69) is 0 Å². The Morgan fingerprint density at radius 2 is 1.89 bits per heavy atom. The fourth-order valence-corrected chi connectivity index (χ4v) is 0.254. The Balaban J connectivity index is 0. The Morgan fingerprint density at radius 3 is 1.89 bits per heavy atom. The van der Waals surface area contributed by atoms with Crippen molar-refractivity contribution in [3.8, 4) is 0 Å². The molecule has 0 aromatic carbocycles. The van der Waals surface area contributed by atoms with Crippen LogP contribution in [0.4, 0.5) is 0 Å². The lowest BCUT2D eigenvalue weighted by Crippen LogP contribution is -2.37. The summed E-state index contributed by atoms with van der Waals surface area (Å²) in [4.78, 5) is 12.1. The van der Waals surface area contributed by atoms with Crippen molar-refractivity contribution in [2.45, 2.75) is 13.0 Å². The van der Waals surface area contributed by atoms with Gasteiger partial charge in [0.05, 0.1) is 6.04 Å². The molecule has 0 rings (SSSR count). The van der Waals surface area contributed by atoms with Crippen molar-refractivity contribution in [1.82, 2.24) is 4.90 Å². The van der Waals surface area contributed by atoms with Gasteiger partial charge in [0, 0.05) is 0 Å². The Kier molecular flexibility index (Phi) is 5.86. The van der Waals surface area contributed by atoms with E-state index in [1.807, 2.05) is 14.1 Å². The second kappa shape index (κ2) is 4.58. The summed E-state index contributed by atoms with van der Waals surface area (Å²) in [6, 6.07) is -0.157. The number of carbonyl (C=O) groups is 1. The van der Waals surface area contributed by atoms with E-state index in [0.717, 1.165) is 0 Å². The SMILES string of the molecule is C[C@H](C(N)=O)N(C)C.Cl. The number of hydrogen-bond donors (Lipinski definition) is 1. The number of carbonyl (C=O) groups excluding carboxylic acids is 1. The highest BCUT2D eigenvalue weighted by atomic mass is 35.5. The minimum absolute atomic E-state index is 0. The molecule has 0 unspecified atom stereocenters. The maximum atomic E-state index is 10.3. The summed E-state index contributed by atoms with van der Waals surface area (Å²) in [7, 11) is 3.63. The number of hydrogen-bond acceptors (Lipinski definition) is 2. The van der Waals surface area contributed by atoms with E-state index in [1.165, 1.54) is 0 Å². The van der Waals surface area contributed by atoms with Crippen LogP contribution in [0.2, 0.25) is 0 Å². The van der Waals surface area contributed by atoms with Crippen LogP contribution in [0.1, 0.15) is 6.92 Å². The molecule has 0 fully saturated rings. The van der Waals surface area contributed by atoms with Gasteiger partial charge in [0.2, 0.25) is 5.91 Å². The highest BCUT2D eigenvalue weighted by Gasteiger charge is 2.08. The van der Waals surface area contributed by atoms with Gasteiger partial charge in [-0.3, -0.25) is 9.69 Å². The number of primary amides is 1. The van der Waals surface area contributed by atoms with Crippen LogP contribution in [0.25, 0.3) is 0 Å².